The van der Waals surface area contributed by atoms with E-state index < -0.39 is 0 Å². The summed E-state index contributed by atoms with van der Waals surface area (Å²) in [5, 5.41) is 0. The number of benzene rings is 1. The van der Waals surface area contributed by atoms with Crippen molar-refractivity contribution in [1.29, 1.82) is 0 Å². The van der Waals surface area contributed by atoms with E-state index in [1.54, 1.807) is 0 Å². The number of rotatable bonds is 3. The molecule has 0 spiro atoms. The minimum atomic E-state index is 0.472. The summed E-state index contributed by atoms with van der Waals surface area (Å²) in [5.41, 5.74) is 2.55. The highest BCUT2D eigenvalue weighted by Crippen LogP contribution is 2.35. The number of thioether (sulfide) groups is 1. The molecule has 2 nitrogen and oxygen atoms in total. The summed E-state index contributed by atoms with van der Waals surface area (Å²) in [6.45, 7) is 0.472. The predicted octanol–water partition coefficient (Wildman–Crippen LogP) is 3.45. The number of hydrogen-bond acceptors (Lipinski definition) is 3. The van der Waals surface area contributed by atoms with Crippen LogP contribution < -0.4 is 5.90 Å². The zero-order valence-electron chi connectivity index (χ0n) is 9.12. The average Bonchev–Trinajstić information content (AvgIpc) is 2.31. The van der Waals surface area contributed by atoms with Crippen LogP contribution in [0.2, 0.25) is 0 Å². The van der Waals surface area contributed by atoms with Gasteiger partial charge in [-0.2, -0.15) is 11.8 Å². The molecule has 0 unspecified atom stereocenters. The van der Waals surface area contributed by atoms with Gasteiger partial charge in [-0.05, 0) is 47.5 Å². The summed E-state index contributed by atoms with van der Waals surface area (Å²) >= 11 is 5.71. The molecule has 1 aromatic rings. The molecule has 1 fully saturated rings. The topological polar surface area (TPSA) is 35.2 Å². The molecule has 4 heteroatoms. The molecule has 88 valence electrons. The fourth-order valence-electron chi connectivity index (χ4n) is 2.10. The lowest BCUT2D eigenvalue weighted by Gasteiger charge is -2.23. The SMILES string of the molecule is NOCc1ccc(C2CCSCC2)c(Br)c1. The summed E-state index contributed by atoms with van der Waals surface area (Å²) in [6, 6.07) is 6.43. The van der Waals surface area contributed by atoms with E-state index in [0.717, 1.165) is 5.56 Å². The van der Waals surface area contributed by atoms with Crippen molar-refractivity contribution in [1.82, 2.24) is 0 Å². The van der Waals surface area contributed by atoms with E-state index in [1.807, 2.05) is 0 Å². The van der Waals surface area contributed by atoms with E-state index in [0.29, 0.717) is 12.5 Å². The van der Waals surface area contributed by atoms with E-state index in [1.165, 1.54) is 34.4 Å². The minimum Gasteiger partial charge on any atom is -0.300 e. The van der Waals surface area contributed by atoms with Gasteiger partial charge in [-0.25, -0.2) is 5.90 Å². The molecule has 0 radical (unpaired) electrons. The van der Waals surface area contributed by atoms with Crippen molar-refractivity contribution in [3.05, 3.63) is 33.8 Å². The van der Waals surface area contributed by atoms with Crippen LogP contribution in [-0.2, 0) is 11.4 Å². The second-order valence-corrected chi connectivity index (χ2v) is 6.13. The van der Waals surface area contributed by atoms with Crippen molar-refractivity contribution in [3.8, 4) is 0 Å². The Morgan fingerprint density at radius 2 is 2.12 bits per heavy atom. The third kappa shape index (κ3) is 3.00. The van der Waals surface area contributed by atoms with Gasteiger partial charge in [0.05, 0.1) is 6.61 Å². The second-order valence-electron chi connectivity index (χ2n) is 4.05. The van der Waals surface area contributed by atoms with Crippen molar-refractivity contribution in [2.75, 3.05) is 11.5 Å². The smallest absolute Gasteiger partial charge is 0.0930 e. The largest absolute Gasteiger partial charge is 0.300 e. The Kier molecular flexibility index (Phi) is 4.70. The van der Waals surface area contributed by atoms with Gasteiger partial charge in [-0.1, -0.05) is 28.1 Å². The monoisotopic (exact) mass is 301 g/mol. The average molecular weight is 302 g/mol. The molecule has 0 aliphatic carbocycles. The molecule has 16 heavy (non-hydrogen) atoms. The van der Waals surface area contributed by atoms with Crippen molar-refractivity contribution in [2.24, 2.45) is 5.90 Å². The first-order chi connectivity index (χ1) is 7.81. The van der Waals surface area contributed by atoms with Crippen molar-refractivity contribution < 1.29 is 4.84 Å². The lowest BCUT2D eigenvalue weighted by molar-refractivity contribution is 0.124. The highest BCUT2D eigenvalue weighted by Gasteiger charge is 2.17. The van der Waals surface area contributed by atoms with Crippen molar-refractivity contribution in [3.63, 3.8) is 0 Å². The van der Waals surface area contributed by atoms with Crippen LogP contribution in [0, 0.1) is 0 Å². The van der Waals surface area contributed by atoms with Crippen molar-refractivity contribution in [2.45, 2.75) is 25.4 Å². The van der Waals surface area contributed by atoms with Gasteiger partial charge < -0.3 is 0 Å². The highest BCUT2D eigenvalue weighted by molar-refractivity contribution is 9.10. The van der Waals surface area contributed by atoms with Gasteiger partial charge >= 0.3 is 0 Å². The summed E-state index contributed by atoms with van der Waals surface area (Å²) in [6.07, 6.45) is 2.58. The third-order valence-electron chi connectivity index (χ3n) is 2.98. The predicted molar refractivity (Wildman–Crippen MR) is 72.4 cm³/mol. The Labute approximate surface area is 109 Å². The maximum atomic E-state index is 5.07. The first kappa shape index (κ1) is 12.4. The van der Waals surface area contributed by atoms with Crippen LogP contribution in [0.25, 0.3) is 0 Å². The zero-order chi connectivity index (χ0) is 11.4. The molecule has 0 amide bonds. The Hall–Kier alpha value is -0.0300. The molecule has 0 atom stereocenters. The molecular formula is C12H16BrNOS. The van der Waals surface area contributed by atoms with Crippen LogP contribution >= 0.6 is 27.7 Å². The number of halogens is 1. The zero-order valence-corrected chi connectivity index (χ0v) is 11.5. The lowest BCUT2D eigenvalue weighted by atomic mass is 9.93. The van der Waals surface area contributed by atoms with E-state index in [-0.39, 0.29) is 0 Å². The van der Waals surface area contributed by atoms with Crippen LogP contribution in [-0.4, -0.2) is 11.5 Å². The van der Waals surface area contributed by atoms with Crippen LogP contribution in [0.1, 0.15) is 29.9 Å². The van der Waals surface area contributed by atoms with E-state index >= 15 is 0 Å². The van der Waals surface area contributed by atoms with Gasteiger partial charge in [0.25, 0.3) is 0 Å². The first-order valence-corrected chi connectivity index (χ1v) is 7.44. The number of hydrogen-bond donors (Lipinski definition) is 1. The highest BCUT2D eigenvalue weighted by atomic mass is 79.9. The van der Waals surface area contributed by atoms with Gasteiger partial charge in [-0.3, -0.25) is 4.84 Å². The second kappa shape index (κ2) is 6.05. The first-order valence-electron chi connectivity index (χ1n) is 5.49. The quantitative estimate of drug-likeness (QED) is 0.869. The van der Waals surface area contributed by atoms with Crippen molar-refractivity contribution >= 4 is 27.7 Å². The van der Waals surface area contributed by atoms with Crippen LogP contribution in [0.15, 0.2) is 22.7 Å². The molecule has 0 saturated carbocycles. The van der Waals surface area contributed by atoms with Gasteiger partial charge in [0, 0.05) is 4.47 Å². The Balaban J connectivity index is 2.14. The number of nitrogens with two attached hydrogens (primary N) is 1. The van der Waals surface area contributed by atoms with E-state index in [4.69, 9.17) is 5.90 Å². The molecule has 0 bridgehead atoms. The summed E-state index contributed by atoms with van der Waals surface area (Å²) in [5.74, 6) is 8.35. The van der Waals surface area contributed by atoms with Gasteiger partial charge in [0.15, 0.2) is 0 Å². The maximum absolute atomic E-state index is 5.07. The molecule has 1 saturated heterocycles. The summed E-state index contributed by atoms with van der Waals surface area (Å²) < 4.78 is 1.19. The normalized spacial score (nSPS) is 17.6. The fraction of sp³-hybridized carbons (Fsp3) is 0.500. The Morgan fingerprint density at radius 3 is 2.75 bits per heavy atom. The fourth-order valence-corrected chi connectivity index (χ4v) is 3.95. The van der Waals surface area contributed by atoms with Gasteiger partial charge in [0.1, 0.15) is 0 Å². The third-order valence-corrected chi connectivity index (χ3v) is 4.71. The molecule has 1 aliphatic heterocycles. The Morgan fingerprint density at radius 1 is 1.38 bits per heavy atom. The molecule has 1 aromatic carbocycles. The van der Waals surface area contributed by atoms with E-state index in [9.17, 15) is 0 Å². The van der Waals surface area contributed by atoms with Crippen LogP contribution in [0.4, 0.5) is 0 Å². The minimum absolute atomic E-state index is 0.472. The van der Waals surface area contributed by atoms with Crippen LogP contribution in [0.5, 0.6) is 0 Å². The molecular weight excluding hydrogens is 286 g/mol. The van der Waals surface area contributed by atoms with Crippen LogP contribution in [0.3, 0.4) is 0 Å². The molecule has 1 aliphatic rings. The Bertz CT molecular complexity index is 353. The lowest BCUT2D eigenvalue weighted by Crippen LogP contribution is -2.08. The van der Waals surface area contributed by atoms with Gasteiger partial charge in [0.2, 0.25) is 0 Å². The molecule has 2 N–H and O–H groups in total. The summed E-state index contributed by atoms with van der Waals surface area (Å²) in [7, 11) is 0. The maximum Gasteiger partial charge on any atom is 0.0930 e. The standard InChI is InChI=1S/C12H16BrNOS/c13-12-7-9(8-15-14)1-2-11(12)10-3-5-16-6-4-10/h1-2,7,10H,3-6,8,14H2. The summed E-state index contributed by atoms with van der Waals surface area (Å²) in [4.78, 5) is 4.64. The van der Waals surface area contributed by atoms with Gasteiger partial charge in [-0.15, -0.1) is 0 Å². The molecule has 1 heterocycles. The molecule has 0 aromatic heterocycles. The molecule has 2 rings (SSSR count). The van der Waals surface area contributed by atoms with E-state index in [2.05, 4.69) is 50.7 Å².